The van der Waals surface area contributed by atoms with Crippen molar-refractivity contribution in [2.75, 3.05) is 6.26 Å². The van der Waals surface area contributed by atoms with E-state index in [1.807, 2.05) is 0 Å². The summed E-state index contributed by atoms with van der Waals surface area (Å²) < 4.78 is 23.7. The molecule has 0 aromatic heterocycles. The third-order valence-corrected chi connectivity index (χ3v) is 4.79. The Labute approximate surface area is 131 Å². The second-order valence-corrected chi connectivity index (χ2v) is 7.16. The third kappa shape index (κ3) is 2.25. The van der Waals surface area contributed by atoms with Crippen LogP contribution >= 0.6 is 0 Å². The van der Waals surface area contributed by atoms with Crippen molar-refractivity contribution in [2.24, 2.45) is 0 Å². The van der Waals surface area contributed by atoms with E-state index >= 15 is 0 Å². The molecular formula is C16H10O6S. The zero-order valence-electron chi connectivity index (χ0n) is 11.9. The van der Waals surface area contributed by atoms with Gasteiger partial charge in [-0.3, -0.25) is 9.59 Å². The van der Waals surface area contributed by atoms with Gasteiger partial charge >= 0.3 is 5.97 Å². The fourth-order valence-corrected chi connectivity index (χ4v) is 3.51. The van der Waals surface area contributed by atoms with Gasteiger partial charge in [-0.2, -0.15) is 0 Å². The van der Waals surface area contributed by atoms with Gasteiger partial charge in [0.1, 0.15) is 0 Å². The Bertz CT molecular complexity index is 1000. The number of benzene rings is 2. The number of carboxylic acid groups (broad SMARTS) is 1. The highest BCUT2D eigenvalue weighted by molar-refractivity contribution is 7.90. The minimum atomic E-state index is -3.69. The number of hydrogen-bond acceptors (Lipinski definition) is 5. The number of carbonyl (C=O) groups excluding carboxylic acids is 2. The molecule has 0 amide bonds. The summed E-state index contributed by atoms with van der Waals surface area (Å²) in [6, 6.07) is 7.60. The van der Waals surface area contributed by atoms with Crippen LogP contribution in [0, 0.1) is 0 Å². The van der Waals surface area contributed by atoms with E-state index < -0.39 is 27.4 Å². The molecule has 0 saturated heterocycles. The minimum absolute atomic E-state index is 0.00333. The number of fused-ring (bicyclic) bond motifs is 2. The molecule has 116 valence electrons. The van der Waals surface area contributed by atoms with Crippen LogP contribution in [0.5, 0.6) is 0 Å². The fourth-order valence-electron chi connectivity index (χ4n) is 2.61. The average molecular weight is 330 g/mol. The van der Waals surface area contributed by atoms with Gasteiger partial charge in [-0.05, 0) is 24.3 Å². The van der Waals surface area contributed by atoms with Crippen molar-refractivity contribution < 1.29 is 27.9 Å². The Hall–Kier alpha value is -2.80. The van der Waals surface area contributed by atoms with Crippen molar-refractivity contribution in [3.05, 3.63) is 64.2 Å². The molecule has 23 heavy (non-hydrogen) atoms. The van der Waals surface area contributed by atoms with Gasteiger partial charge < -0.3 is 5.11 Å². The lowest BCUT2D eigenvalue weighted by Crippen LogP contribution is -2.24. The molecule has 0 spiro atoms. The number of sulfone groups is 1. The summed E-state index contributed by atoms with van der Waals surface area (Å²) in [7, 11) is -3.69. The maximum Gasteiger partial charge on any atom is 0.335 e. The average Bonchev–Trinajstić information content (AvgIpc) is 2.50. The van der Waals surface area contributed by atoms with Crippen LogP contribution < -0.4 is 0 Å². The van der Waals surface area contributed by atoms with Gasteiger partial charge in [-0.1, -0.05) is 12.1 Å². The molecule has 0 aliphatic heterocycles. The predicted molar refractivity (Wildman–Crippen MR) is 79.8 cm³/mol. The quantitative estimate of drug-likeness (QED) is 0.764. The summed E-state index contributed by atoms with van der Waals surface area (Å²) >= 11 is 0. The lowest BCUT2D eigenvalue weighted by Gasteiger charge is -2.19. The topological polar surface area (TPSA) is 106 Å². The number of hydrogen-bond donors (Lipinski definition) is 1. The Morgan fingerprint density at radius 3 is 2.26 bits per heavy atom. The summed E-state index contributed by atoms with van der Waals surface area (Å²) in [5.41, 5.74) is -0.340. The maximum absolute atomic E-state index is 12.6. The van der Waals surface area contributed by atoms with Gasteiger partial charge in [-0.15, -0.1) is 0 Å². The molecule has 0 unspecified atom stereocenters. The Kier molecular flexibility index (Phi) is 3.19. The summed E-state index contributed by atoms with van der Waals surface area (Å²) in [6.45, 7) is 0. The Balaban J connectivity index is 2.33. The largest absolute Gasteiger partial charge is 0.478 e. The van der Waals surface area contributed by atoms with Crippen LogP contribution in [0.25, 0.3) is 0 Å². The zero-order chi connectivity index (χ0) is 16.9. The van der Waals surface area contributed by atoms with Gasteiger partial charge in [0, 0.05) is 22.9 Å². The summed E-state index contributed by atoms with van der Waals surface area (Å²) in [4.78, 5) is 36.0. The first-order valence-corrected chi connectivity index (χ1v) is 8.41. The normalized spacial score (nSPS) is 13.4. The van der Waals surface area contributed by atoms with E-state index in [9.17, 15) is 22.8 Å². The highest BCUT2D eigenvalue weighted by Gasteiger charge is 2.34. The predicted octanol–water partition coefficient (Wildman–Crippen LogP) is 1.56. The van der Waals surface area contributed by atoms with E-state index in [0.717, 1.165) is 12.3 Å². The van der Waals surface area contributed by atoms with Crippen LogP contribution in [0.3, 0.4) is 0 Å². The Morgan fingerprint density at radius 2 is 1.65 bits per heavy atom. The number of carboxylic acids is 1. The lowest BCUT2D eigenvalue weighted by molar-refractivity contribution is 0.0696. The number of carbonyl (C=O) groups is 3. The number of aromatic carboxylic acids is 1. The van der Waals surface area contributed by atoms with Crippen molar-refractivity contribution >= 4 is 27.4 Å². The molecule has 0 saturated carbocycles. The third-order valence-electron chi connectivity index (χ3n) is 3.65. The summed E-state index contributed by atoms with van der Waals surface area (Å²) in [5, 5.41) is 9.01. The first-order valence-electron chi connectivity index (χ1n) is 6.51. The maximum atomic E-state index is 12.6. The SMILES string of the molecule is CS(=O)(=O)c1cccc2c1C(=O)c1ccc(C(=O)O)cc1C2=O. The molecular weight excluding hydrogens is 320 g/mol. The van der Waals surface area contributed by atoms with Gasteiger partial charge in [0.15, 0.2) is 21.4 Å². The lowest BCUT2D eigenvalue weighted by atomic mass is 9.83. The molecule has 1 aliphatic rings. The van der Waals surface area contributed by atoms with Gasteiger partial charge in [0.2, 0.25) is 0 Å². The van der Waals surface area contributed by atoms with Gasteiger partial charge in [0.05, 0.1) is 16.0 Å². The first-order chi connectivity index (χ1) is 10.7. The molecule has 6 nitrogen and oxygen atoms in total. The van der Waals surface area contributed by atoms with Crippen LogP contribution in [0.15, 0.2) is 41.3 Å². The molecule has 1 N–H and O–H groups in total. The van der Waals surface area contributed by atoms with E-state index in [0.29, 0.717) is 0 Å². The zero-order valence-corrected chi connectivity index (χ0v) is 12.7. The number of ketones is 2. The van der Waals surface area contributed by atoms with E-state index in [2.05, 4.69) is 0 Å². The molecule has 2 aromatic carbocycles. The fraction of sp³-hybridized carbons (Fsp3) is 0.0625. The summed E-state index contributed by atoms with van der Waals surface area (Å²) in [5.74, 6) is -2.39. The van der Waals surface area contributed by atoms with Crippen LogP contribution in [0.1, 0.15) is 42.2 Å². The summed E-state index contributed by atoms with van der Waals surface area (Å²) in [6.07, 6.45) is 0.962. The molecule has 2 aromatic rings. The van der Waals surface area contributed by atoms with Gasteiger partial charge in [0.25, 0.3) is 0 Å². The molecule has 1 aliphatic carbocycles. The molecule has 0 fully saturated rings. The van der Waals surface area contributed by atoms with Crippen molar-refractivity contribution in [3.63, 3.8) is 0 Å². The molecule has 3 rings (SSSR count). The molecule has 0 radical (unpaired) electrons. The van der Waals surface area contributed by atoms with Crippen LogP contribution in [0.4, 0.5) is 0 Å². The van der Waals surface area contributed by atoms with E-state index in [4.69, 9.17) is 5.11 Å². The van der Waals surface area contributed by atoms with Gasteiger partial charge in [-0.25, -0.2) is 13.2 Å². The van der Waals surface area contributed by atoms with Crippen LogP contribution in [-0.4, -0.2) is 37.3 Å². The molecule has 0 heterocycles. The van der Waals surface area contributed by atoms with E-state index in [1.165, 1.54) is 30.3 Å². The van der Waals surface area contributed by atoms with Crippen molar-refractivity contribution in [3.8, 4) is 0 Å². The van der Waals surface area contributed by atoms with E-state index in [-0.39, 0.29) is 32.7 Å². The molecule has 0 bridgehead atoms. The van der Waals surface area contributed by atoms with Crippen molar-refractivity contribution in [2.45, 2.75) is 4.90 Å². The smallest absolute Gasteiger partial charge is 0.335 e. The standard InChI is InChI=1S/C16H10O6S/c1-23(21,22)12-4-2-3-10-13(12)15(18)9-6-5-8(16(19)20)7-11(9)14(10)17/h2-7H,1H3,(H,19,20). The highest BCUT2D eigenvalue weighted by Crippen LogP contribution is 2.32. The molecule has 7 heteroatoms. The van der Waals surface area contributed by atoms with Crippen molar-refractivity contribution in [1.82, 2.24) is 0 Å². The van der Waals surface area contributed by atoms with Crippen LogP contribution in [-0.2, 0) is 9.84 Å². The van der Waals surface area contributed by atoms with Crippen molar-refractivity contribution in [1.29, 1.82) is 0 Å². The number of rotatable bonds is 2. The molecule has 0 atom stereocenters. The van der Waals surface area contributed by atoms with Crippen LogP contribution in [0.2, 0.25) is 0 Å². The minimum Gasteiger partial charge on any atom is -0.478 e. The highest BCUT2D eigenvalue weighted by atomic mass is 32.2. The van der Waals surface area contributed by atoms with E-state index in [1.54, 1.807) is 0 Å². The second-order valence-electron chi connectivity index (χ2n) is 5.17. The second kappa shape index (κ2) is 4.85. The Morgan fingerprint density at radius 1 is 0.957 bits per heavy atom. The monoisotopic (exact) mass is 330 g/mol. The first kappa shape index (κ1) is 15.1.